The van der Waals surface area contributed by atoms with Crippen LogP contribution in [0, 0.1) is 18.8 Å². The lowest BCUT2D eigenvalue weighted by atomic mass is 10.0. The zero-order valence-corrected chi connectivity index (χ0v) is 12.4. The average molecular weight is 334 g/mol. The fourth-order valence-corrected chi connectivity index (χ4v) is 2.76. The molecule has 6 nitrogen and oxygen atoms in total. The van der Waals surface area contributed by atoms with Crippen LogP contribution in [0.2, 0.25) is 0 Å². The van der Waals surface area contributed by atoms with Gasteiger partial charge in [0, 0.05) is 31.7 Å². The van der Waals surface area contributed by atoms with Gasteiger partial charge in [-0.25, -0.2) is 4.79 Å². The van der Waals surface area contributed by atoms with Crippen molar-refractivity contribution in [2.75, 3.05) is 26.2 Å². The number of carboxylic acids is 1. The molecule has 1 aromatic heterocycles. The monoisotopic (exact) mass is 334 g/mol. The van der Waals surface area contributed by atoms with E-state index in [1.54, 1.807) is 6.26 Å². The number of nitrogens with one attached hydrogen (secondary N) is 1. The van der Waals surface area contributed by atoms with Gasteiger partial charge >= 0.3 is 12.1 Å². The van der Waals surface area contributed by atoms with Gasteiger partial charge in [-0.05, 0) is 24.8 Å². The Kier molecular flexibility index (Phi) is 4.98. The van der Waals surface area contributed by atoms with Crippen molar-refractivity contribution in [1.82, 2.24) is 10.2 Å². The smallest absolute Gasteiger partial charge is 0.475 e. The maximum Gasteiger partial charge on any atom is 0.490 e. The van der Waals surface area contributed by atoms with E-state index >= 15 is 0 Å². The van der Waals surface area contributed by atoms with Gasteiger partial charge in [-0.15, -0.1) is 0 Å². The lowest BCUT2D eigenvalue weighted by Crippen LogP contribution is -2.31. The van der Waals surface area contributed by atoms with E-state index in [4.69, 9.17) is 14.3 Å². The predicted molar refractivity (Wildman–Crippen MR) is 72.9 cm³/mol. The van der Waals surface area contributed by atoms with Crippen LogP contribution in [0.5, 0.6) is 0 Å². The maximum atomic E-state index is 12.2. The lowest BCUT2D eigenvalue weighted by Gasteiger charge is -2.16. The molecule has 2 N–H and O–H groups in total. The summed E-state index contributed by atoms with van der Waals surface area (Å²) in [4.78, 5) is 23.0. The van der Waals surface area contributed by atoms with Crippen molar-refractivity contribution in [3.05, 3.63) is 23.7 Å². The van der Waals surface area contributed by atoms with Crippen LogP contribution in [-0.4, -0.2) is 54.2 Å². The van der Waals surface area contributed by atoms with Crippen LogP contribution in [0.25, 0.3) is 0 Å². The van der Waals surface area contributed by atoms with Crippen LogP contribution in [0.3, 0.4) is 0 Å². The predicted octanol–water partition coefficient (Wildman–Crippen LogP) is 1.51. The van der Waals surface area contributed by atoms with Gasteiger partial charge in [0.15, 0.2) is 5.76 Å². The van der Waals surface area contributed by atoms with Crippen molar-refractivity contribution in [2.45, 2.75) is 13.1 Å². The molecule has 2 atom stereocenters. The Labute approximate surface area is 130 Å². The van der Waals surface area contributed by atoms with Crippen molar-refractivity contribution in [3.63, 3.8) is 0 Å². The van der Waals surface area contributed by atoms with Gasteiger partial charge in [0.25, 0.3) is 5.91 Å². The third-order valence-electron chi connectivity index (χ3n) is 3.98. The van der Waals surface area contributed by atoms with Gasteiger partial charge in [-0.1, -0.05) is 0 Å². The summed E-state index contributed by atoms with van der Waals surface area (Å²) in [6, 6.07) is 1.84. The quantitative estimate of drug-likeness (QED) is 0.813. The van der Waals surface area contributed by atoms with Crippen LogP contribution in [0.15, 0.2) is 16.7 Å². The Morgan fingerprint density at radius 2 is 1.83 bits per heavy atom. The van der Waals surface area contributed by atoms with Gasteiger partial charge in [-0.3, -0.25) is 4.79 Å². The first kappa shape index (κ1) is 17.3. The highest BCUT2D eigenvalue weighted by molar-refractivity contribution is 5.93. The first-order chi connectivity index (χ1) is 10.7. The second-order valence-corrected chi connectivity index (χ2v) is 5.62. The molecular formula is C14H17F3N2O4. The second-order valence-electron chi connectivity index (χ2n) is 5.62. The topological polar surface area (TPSA) is 82.8 Å². The highest BCUT2D eigenvalue weighted by Gasteiger charge is 2.39. The minimum absolute atomic E-state index is 0.0527. The van der Waals surface area contributed by atoms with Crippen LogP contribution in [0.4, 0.5) is 13.2 Å². The molecule has 2 aliphatic heterocycles. The number of amides is 1. The molecule has 0 aromatic carbocycles. The number of nitrogens with zero attached hydrogens (tertiary/aromatic N) is 1. The van der Waals surface area contributed by atoms with E-state index in [1.165, 1.54) is 0 Å². The second kappa shape index (κ2) is 6.61. The summed E-state index contributed by atoms with van der Waals surface area (Å²) < 4.78 is 37.0. The standard InChI is InChI=1S/C12H16N2O2.C2HF3O2/c1-8-2-3-16-11(8)12(15)14-6-9-4-13-5-10(9)7-14;3-2(4,5)1(6)7/h2-3,9-10,13H,4-7H2,1H3;(H,6,7). The van der Waals surface area contributed by atoms with E-state index in [9.17, 15) is 18.0 Å². The van der Waals surface area contributed by atoms with E-state index in [0.717, 1.165) is 31.7 Å². The first-order valence-corrected chi connectivity index (χ1v) is 7.04. The molecule has 2 unspecified atom stereocenters. The Balaban J connectivity index is 0.000000236. The first-order valence-electron chi connectivity index (χ1n) is 7.04. The molecule has 23 heavy (non-hydrogen) atoms. The summed E-state index contributed by atoms with van der Waals surface area (Å²) in [7, 11) is 0. The summed E-state index contributed by atoms with van der Waals surface area (Å²) in [6.07, 6.45) is -3.50. The number of alkyl halides is 3. The van der Waals surface area contributed by atoms with Crippen LogP contribution < -0.4 is 5.32 Å². The maximum absolute atomic E-state index is 12.2. The summed E-state index contributed by atoms with van der Waals surface area (Å²) in [6.45, 7) is 5.75. The van der Waals surface area contributed by atoms with Crippen molar-refractivity contribution in [1.29, 1.82) is 0 Å². The van der Waals surface area contributed by atoms with E-state index in [1.807, 2.05) is 17.9 Å². The number of hydrogen-bond acceptors (Lipinski definition) is 4. The molecular weight excluding hydrogens is 317 g/mol. The van der Waals surface area contributed by atoms with E-state index < -0.39 is 12.1 Å². The molecule has 2 fully saturated rings. The van der Waals surface area contributed by atoms with Gasteiger partial charge in [0.2, 0.25) is 0 Å². The van der Waals surface area contributed by atoms with Gasteiger partial charge < -0.3 is 19.7 Å². The Bertz CT molecular complexity index is 573. The summed E-state index contributed by atoms with van der Waals surface area (Å²) >= 11 is 0. The Morgan fingerprint density at radius 1 is 1.30 bits per heavy atom. The van der Waals surface area contributed by atoms with Gasteiger partial charge in [-0.2, -0.15) is 13.2 Å². The lowest BCUT2D eigenvalue weighted by molar-refractivity contribution is -0.192. The third-order valence-corrected chi connectivity index (χ3v) is 3.98. The number of halogens is 3. The zero-order chi connectivity index (χ0) is 17.2. The van der Waals surface area contributed by atoms with Crippen molar-refractivity contribution < 1.29 is 32.3 Å². The average Bonchev–Trinajstić information content (AvgIpc) is 3.11. The Morgan fingerprint density at radius 3 is 2.22 bits per heavy atom. The zero-order valence-electron chi connectivity index (χ0n) is 12.4. The highest BCUT2D eigenvalue weighted by atomic mass is 19.4. The molecule has 0 saturated carbocycles. The molecule has 128 valence electrons. The number of carbonyl (C=O) groups is 2. The molecule has 3 heterocycles. The number of carbonyl (C=O) groups excluding carboxylic acids is 1. The van der Waals surface area contributed by atoms with Gasteiger partial charge in [0.05, 0.1) is 6.26 Å². The molecule has 1 aromatic rings. The molecule has 0 spiro atoms. The van der Waals surface area contributed by atoms with Gasteiger partial charge in [0.1, 0.15) is 0 Å². The van der Waals surface area contributed by atoms with Crippen LogP contribution in [-0.2, 0) is 4.79 Å². The number of fused-ring (bicyclic) bond motifs is 1. The fraction of sp³-hybridized carbons (Fsp3) is 0.571. The highest BCUT2D eigenvalue weighted by Crippen LogP contribution is 2.28. The number of likely N-dealkylation sites (tertiary alicyclic amines) is 1. The van der Waals surface area contributed by atoms with Crippen LogP contribution >= 0.6 is 0 Å². The largest absolute Gasteiger partial charge is 0.490 e. The van der Waals surface area contributed by atoms with E-state index in [-0.39, 0.29) is 5.91 Å². The van der Waals surface area contributed by atoms with E-state index in [2.05, 4.69) is 5.32 Å². The SMILES string of the molecule is Cc1ccoc1C(=O)N1CC2CNCC2C1.O=C(O)C(F)(F)F. The number of rotatable bonds is 1. The van der Waals surface area contributed by atoms with Crippen molar-refractivity contribution in [3.8, 4) is 0 Å². The molecule has 0 radical (unpaired) electrons. The molecule has 9 heteroatoms. The number of carboxylic acid groups (broad SMARTS) is 1. The number of aryl methyl sites for hydroxylation is 1. The number of aliphatic carboxylic acids is 1. The minimum atomic E-state index is -5.08. The minimum Gasteiger partial charge on any atom is -0.475 e. The molecule has 2 saturated heterocycles. The fourth-order valence-electron chi connectivity index (χ4n) is 2.76. The number of furan rings is 1. The van der Waals surface area contributed by atoms with Crippen molar-refractivity contribution in [2.24, 2.45) is 11.8 Å². The number of hydrogen-bond donors (Lipinski definition) is 2. The van der Waals surface area contributed by atoms with Crippen molar-refractivity contribution >= 4 is 11.9 Å². The van der Waals surface area contributed by atoms with Crippen LogP contribution in [0.1, 0.15) is 16.1 Å². The normalized spacial score (nSPS) is 23.2. The molecule has 2 aliphatic rings. The molecule has 0 aliphatic carbocycles. The molecule has 0 bridgehead atoms. The van der Waals surface area contributed by atoms with E-state index in [0.29, 0.717) is 17.6 Å². The summed E-state index contributed by atoms with van der Waals surface area (Å²) in [5, 5.41) is 10.5. The Hall–Kier alpha value is -2.03. The third kappa shape index (κ3) is 4.04. The molecule has 3 rings (SSSR count). The summed E-state index contributed by atoms with van der Waals surface area (Å²) in [5.41, 5.74) is 0.931. The summed E-state index contributed by atoms with van der Waals surface area (Å²) in [5.74, 6) is -0.921. The molecule has 1 amide bonds.